The quantitative estimate of drug-likeness (QED) is 0.719. The van der Waals surface area contributed by atoms with Crippen molar-refractivity contribution in [3.8, 4) is 23.0 Å². The van der Waals surface area contributed by atoms with Crippen LogP contribution in [0.3, 0.4) is 0 Å². The minimum Gasteiger partial charge on any atom is -0.490 e. The van der Waals surface area contributed by atoms with Gasteiger partial charge in [0.2, 0.25) is 12.7 Å². The minimum absolute atomic E-state index is 0.0220. The molecule has 1 amide bonds. The van der Waals surface area contributed by atoms with Gasteiger partial charge in [-0.25, -0.2) is 0 Å². The molecule has 0 saturated carbocycles. The zero-order valence-corrected chi connectivity index (χ0v) is 17.3. The van der Waals surface area contributed by atoms with E-state index >= 15 is 0 Å². The number of carbonyl (C=O) groups is 1. The van der Waals surface area contributed by atoms with Crippen LogP contribution in [0.15, 0.2) is 42.5 Å². The summed E-state index contributed by atoms with van der Waals surface area (Å²) in [5, 5.41) is 2.99. The van der Waals surface area contributed by atoms with Crippen LogP contribution in [0.2, 0.25) is 0 Å². The first-order valence-corrected chi connectivity index (χ1v) is 10.5. The van der Waals surface area contributed by atoms with Crippen LogP contribution in [-0.4, -0.2) is 49.9 Å². The predicted molar refractivity (Wildman–Crippen MR) is 112 cm³/mol. The maximum atomic E-state index is 12.4. The van der Waals surface area contributed by atoms with Crippen LogP contribution < -0.4 is 24.3 Å². The number of benzene rings is 2. The van der Waals surface area contributed by atoms with Crippen molar-refractivity contribution in [3.63, 3.8) is 0 Å². The Morgan fingerprint density at radius 2 is 1.87 bits per heavy atom. The summed E-state index contributed by atoms with van der Waals surface area (Å²) in [6.45, 7) is 5.36. The molecule has 1 fully saturated rings. The van der Waals surface area contributed by atoms with E-state index in [9.17, 15) is 4.79 Å². The zero-order chi connectivity index (χ0) is 20.8. The number of hydrogen-bond donors (Lipinski definition) is 1. The molecule has 0 spiro atoms. The van der Waals surface area contributed by atoms with Crippen LogP contribution in [0, 0.1) is 0 Å². The van der Waals surface area contributed by atoms with Gasteiger partial charge in [0.05, 0.1) is 13.2 Å². The number of carbonyl (C=O) groups excluding carboxylic acids is 1. The fourth-order valence-corrected chi connectivity index (χ4v) is 3.70. The predicted octanol–water partition coefficient (Wildman–Crippen LogP) is 2.97. The van der Waals surface area contributed by atoms with E-state index in [-0.39, 0.29) is 18.8 Å². The fraction of sp³-hybridized carbons (Fsp3) is 0.435. The van der Waals surface area contributed by atoms with Crippen LogP contribution >= 0.6 is 0 Å². The molecular formula is C23H28N2O5. The average Bonchev–Trinajstić information content (AvgIpc) is 3.23. The fourth-order valence-electron chi connectivity index (χ4n) is 3.70. The lowest BCUT2D eigenvalue weighted by Gasteiger charge is -2.32. The third kappa shape index (κ3) is 5.16. The number of hydrogen-bond acceptors (Lipinski definition) is 6. The summed E-state index contributed by atoms with van der Waals surface area (Å²) in [4.78, 5) is 14.5. The number of ether oxygens (including phenoxy) is 4. The number of nitrogens with zero attached hydrogens (tertiary/aromatic N) is 1. The lowest BCUT2D eigenvalue weighted by molar-refractivity contribution is -0.122. The van der Waals surface area contributed by atoms with Gasteiger partial charge in [-0.2, -0.15) is 0 Å². The minimum atomic E-state index is 0.0220. The van der Waals surface area contributed by atoms with Crippen LogP contribution in [0.25, 0.3) is 0 Å². The van der Waals surface area contributed by atoms with Crippen LogP contribution in [0.1, 0.15) is 25.3 Å². The average molecular weight is 412 g/mol. The molecule has 0 bridgehead atoms. The molecular weight excluding hydrogens is 384 g/mol. The SMILES string of the molecule is CCOc1ccccc1OC1CCN(CC(=O)NCc2ccc3c(c2)OCO3)CC1. The summed E-state index contributed by atoms with van der Waals surface area (Å²) in [6, 6.07) is 13.5. The summed E-state index contributed by atoms with van der Waals surface area (Å²) in [7, 11) is 0. The monoisotopic (exact) mass is 412 g/mol. The Balaban J connectivity index is 1.20. The molecule has 2 aromatic rings. The van der Waals surface area contributed by atoms with Gasteiger partial charge in [-0.15, -0.1) is 0 Å². The highest BCUT2D eigenvalue weighted by molar-refractivity contribution is 5.78. The van der Waals surface area contributed by atoms with Crippen LogP contribution in [0.5, 0.6) is 23.0 Å². The number of nitrogens with one attached hydrogen (secondary N) is 1. The first kappa shape index (κ1) is 20.3. The number of likely N-dealkylation sites (tertiary alicyclic amines) is 1. The smallest absolute Gasteiger partial charge is 0.234 e. The first-order chi connectivity index (χ1) is 14.7. The van der Waals surface area contributed by atoms with E-state index in [1.165, 1.54) is 0 Å². The Labute approximate surface area is 176 Å². The van der Waals surface area contributed by atoms with E-state index in [4.69, 9.17) is 18.9 Å². The Bertz CT molecular complexity index is 864. The number of amides is 1. The summed E-state index contributed by atoms with van der Waals surface area (Å²) >= 11 is 0. The van der Waals surface area contributed by atoms with Crippen molar-refractivity contribution in [2.24, 2.45) is 0 Å². The molecule has 0 aliphatic carbocycles. The highest BCUT2D eigenvalue weighted by Gasteiger charge is 2.23. The van der Waals surface area contributed by atoms with Gasteiger partial charge < -0.3 is 24.3 Å². The maximum absolute atomic E-state index is 12.4. The van der Waals surface area contributed by atoms with Crippen molar-refractivity contribution in [3.05, 3.63) is 48.0 Å². The number of fused-ring (bicyclic) bond motifs is 1. The Morgan fingerprint density at radius 1 is 1.10 bits per heavy atom. The van der Waals surface area contributed by atoms with Crippen molar-refractivity contribution in [2.75, 3.05) is 33.0 Å². The van der Waals surface area contributed by atoms with Crippen molar-refractivity contribution < 1.29 is 23.7 Å². The van der Waals surface area contributed by atoms with Gasteiger partial charge in [-0.3, -0.25) is 9.69 Å². The topological polar surface area (TPSA) is 69.3 Å². The molecule has 7 heteroatoms. The van der Waals surface area contributed by atoms with Gasteiger partial charge in [0.25, 0.3) is 0 Å². The second kappa shape index (κ2) is 9.71. The van der Waals surface area contributed by atoms with E-state index in [1.54, 1.807) is 0 Å². The highest BCUT2D eigenvalue weighted by atomic mass is 16.7. The maximum Gasteiger partial charge on any atom is 0.234 e. The van der Waals surface area contributed by atoms with Gasteiger partial charge in [0, 0.05) is 19.6 Å². The highest BCUT2D eigenvalue weighted by Crippen LogP contribution is 2.32. The molecule has 0 unspecified atom stereocenters. The third-order valence-corrected chi connectivity index (χ3v) is 5.27. The van der Waals surface area contributed by atoms with Crippen molar-refractivity contribution in [1.29, 1.82) is 0 Å². The summed E-state index contributed by atoms with van der Waals surface area (Å²) in [6.07, 6.45) is 1.91. The van der Waals surface area contributed by atoms with Gasteiger partial charge in [-0.05, 0) is 49.6 Å². The molecule has 160 valence electrons. The second-order valence-electron chi connectivity index (χ2n) is 7.44. The molecule has 2 aromatic carbocycles. The largest absolute Gasteiger partial charge is 0.490 e. The molecule has 0 radical (unpaired) electrons. The lowest BCUT2D eigenvalue weighted by atomic mass is 10.1. The van der Waals surface area contributed by atoms with E-state index in [1.807, 2.05) is 49.4 Å². The number of piperidine rings is 1. The van der Waals surface area contributed by atoms with Crippen LogP contribution in [0.4, 0.5) is 0 Å². The van der Waals surface area contributed by atoms with E-state index in [0.717, 1.165) is 54.5 Å². The third-order valence-electron chi connectivity index (χ3n) is 5.27. The molecule has 2 heterocycles. The van der Waals surface area contributed by atoms with Crippen LogP contribution in [-0.2, 0) is 11.3 Å². The van der Waals surface area contributed by atoms with Gasteiger partial charge in [0.15, 0.2) is 23.0 Å². The zero-order valence-electron chi connectivity index (χ0n) is 17.3. The molecule has 0 atom stereocenters. The molecule has 30 heavy (non-hydrogen) atoms. The molecule has 2 aliphatic rings. The molecule has 4 rings (SSSR count). The molecule has 7 nitrogen and oxygen atoms in total. The van der Waals surface area contributed by atoms with Crippen molar-refractivity contribution >= 4 is 5.91 Å². The number of rotatable bonds is 8. The molecule has 1 saturated heterocycles. The van der Waals surface area contributed by atoms with Gasteiger partial charge in [0.1, 0.15) is 6.10 Å². The molecule has 2 aliphatic heterocycles. The Kier molecular flexibility index (Phi) is 6.59. The van der Waals surface area contributed by atoms with E-state index < -0.39 is 0 Å². The van der Waals surface area contributed by atoms with Crippen molar-refractivity contribution in [1.82, 2.24) is 10.2 Å². The van der Waals surface area contributed by atoms with Crippen molar-refractivity contribution in [2.45, 2.75) is 32.4 Å². The Hall–Kier alpha value is -2.93. The first-order valence-electron chi connectivity index (χ1n) is 10.5. The van der Waals surface area contributed by atoms with Gasteiger partial charge >= 0.3 is 0 Å². The summed E-state index contributed by atoms with van der Waals surface area (Å²) in [5.74, 6) is 3.08. The molecule has 1 N–H and O–H groups in total. The Morgan fingerprint density at radius 3 is 2.67 bits per heavy atom. The van der Waals surface area contributed by atoms with E-state index in [2.05, 4.69) is 10.2 Å². The lowest BCUT2D eigenvalue weighted by Crippen LogP contribution is -2.43. The number of para-hydroxylation sites is 2. The standard InChI is InChI=1S/C23H28N2O5/c1-2-27-19-5-3-4-6-21(19)30-18-9-11-25(12-10-18)15-23(26)24-14-17-7-8-20-22(13-17)29-16-28-20/h3-8,13,18H,2,9-12,14-16H2,1H3,(H,24,26). The normalized spacial score (nSPS) is 16.3. The van der Waals surface area contributed by atoms with E-state index in [0.29, 0.717) is 19.7 Å². The summed E-state index contributed by atoms with van der Waals surface area (Å²) < 4.78 is 22.5. The molecule has 0 aromatic heterocycles. The summed E-state index contributed by atoms with van der Waals surface area (Å²) in [5.41, 5.74) is 0.993. The van der Waals surface area contributed by atoms with Gasteiger partial charge in [-0.1, -0.05) is 18.2 Å². The second-order valence-corrected chi connectivity index (χ2v) is 7.44.